The van der Waals surface area contributed by atoms with Crippen molar-refractivity contribution in [1.29, 1.82) is 0 Å². The van der Waals surface area contributed by atoms with Crippen LogP contribution in [0.5, 0.6) is 0 Å². The molecule has 1 aliphatic rings. The third kappa shape index (κ3) is 5.10. The van der Waals surface area contributed by atoms with Crippen LogP contribution in [-0.2, 0) is 11.3 Å². The highest BCUT2D eigenvalue weighted by Gasteiger charge is 2.25. The lowest BCUT2D eigenvalue weighted by molar-refractivity contribution is -0.121. The summed E-state index contributed by atoms with van der Waals surface area (Å²) in [5, 5.41) is 4.21. The highest BCUT2D eigenvalue weighted by atomic mass is 19.1. The van der Waals surface area contributed by atoms with Gasteiger partial charge in [-0.15, -0.1) is 0 Å². The monoisotopic (exact) mass is 439 g/mol. The number of hydrogen-bond acceptors (Lipinski definition) is 3. The van der Waals surface area contributed by atoms with E-state index in [1.54, 1.807) is 6.07 Å². The van der Waals surface area contributed by atoms with Gasteiger partial charge >= 0.3 is 0 Å². The molecule has 1 saturated heterocycles. The Morgan fingerprint density at radius 1 is 0.909 bits per heavy atom. The van der Waals surface area contributed by atoms with Crippen LogP contribution in [0, 0.1) is 11.7 Å². The first kappa shape index (κ1) is 21.3. The molecule has 4 nitrogen and oxygen atoms in total. The number of para-hydroxylation sites is 1. The molecule has 2 heterocycles. The second kappa shape index (κ2) is 9.51. The average Bonchev–Trinajstić information content (AvgIpc) is 2.84. The first-order chi connectivity index (χ1) is 16.1. The smallest absolute Gasteiger partial charge is 0.227 e. The van der Waals surface area contributed by atoms with E-state index < -0.39 is 0 Å². The molecule has 0 radical (unpaired) electrons. The first-order valence-corrected chi connectivity index (χ1v) is 11.4. The van der Waals surface area contributed by atoms with Gasteiger partial charge in [-0.1, -0.05) is 48.5 Å². The fourth-order valence-corrected chi connectivity index (χ4v) is 4.47. The summed E-state index contributed by atoms with van der Waals surface area (Å²) in [7, 11) is 0. The topological polar surface area (TPSA) is 45.2 Å². The van der Waals surface area contributed by atoms with E-state index in [2.05, 4.69) is 28.4 Å². The van der Waals surface area contributed by atoms with Crippen molar-refractivity contribution < 1.29 is 9.18 Å². The van der Waals surface area contributed by atoms with Crippen LogP contribution in [0.15, 0.2) is 84.9 Å². The van der Waals surface area contributed by atoms with Gasteiger partial charge in [0, 0.05) is 23.5 Å². The molecular weight excluding hydrogens is 413 g/mol. The van der Waals surface area contributed by atoms with Gasteiger partial charge in [0.25, 0.3) is 0 Å². The number of carbonyl (C=O) groups excluding carboxylic acids is 1. The van der Waals surface area contributed by atoms with Crippen LogP contribution in [0.2, 0.25) is 0 Å². The predicted octanol–water partition coefficient (Wildman–Crippen LogP) is 5.89. The zero-order valence-corrected chi connectivity index (χ0v) is 18.4. The van der Waals surface area contributed by atoms with Crippen LogP contribution in [-0.4, -0.2) is 28.9 Å². The Morgan fingerprint density at radius 2 is 1.67 bits per heavy atom. The quantitative estimate of drug-likeness (QED) is 0.422. The summed E-state index contributed by atoms with van der Waals surface area (Å²) in [6.07, 6.45) is 1.64. The zero-order valence-electron chi connectivity index (χ0n) is 18.4. The molecule has 33 heavy (non-hydrogen) atoms. The van der Waals surface area contributed by atoms with E-state index in [1.807, 2.05) is 48.5 Å². The number of fused-ring (bicyclic) bond motifs is 1. The van der Waals surface area contributed by atoms with Gasteiger partial charge in [-0.3, -0.25) is 14.7 Å². The molecule has 1 aromatic heterocycles. The highest BCUT2D eigenvalue weighted by molar-refractivity contribution is 5.93. The fraction of sp³-hybridized carbons (Fsp3) is 0.214. The number of hydrogen-bond donors (Lipinski definition) is 1. The summed E-state index contributed by atoms with van der Waals surface area (Å²) < 4.78 is 13.6. The SMILES string of the molecule is O=C(Nc1cccc(-c2cccc(F)c2)c1)C1CCN(Cc2ccc3ccccc3n2)CC1. The fourth-order valence-electron chi connectivity index (χ4n) is 4.47. The zero-order chi connectivity index (χ0) is 22.6. The molecule has 0 atom stereocenters. The maximum Gasteiger partial charge on any atom is 0.227 e. The van der Waals surface area contributed by atoms with Crippen molar-refractivity contribution in [1.82, 2.24) is 9.88 Å². The summed E-state index contributed by atoms with van der Waals surface area (Å²) in [6, 6.07) is 26.4. The Hall–Kier alpha value is -3.57. The van der Waals surface area contributed by atoms with Gasteiger partial charge in [-0.05, 0) is 73.5 Å². The minimum Gasteiger partial charge on any atom is -0.326 e. The summed E-state index contributed by atoms with van der Waals surface area (Å²) in [6.45, 7) is 2.54. The number of anilines is 1. The van der Waals surface area contributed by atoms with Crippen molar-refractivity contribution >= 4 is 22.5 Å². The molecule has 0 saturated carbocycles. The van der Waals surface area contributed by atoms with Crippen molar-refractivity contribution in [3.8, 4) is 11.1 Å². The number of benzene rings is 3. The highest BCUT2D eigenvalue weighted by Crippen LogP contribution is 2.25. The maximum atomic E-state index is 13.6. The van der Waals surface area contributed by atoms with Crippen LogP contribution in [0.1, 0.15) is 18.5 Å². The number of nitrogens with one attached hydrogen (secondary N) is 1. The second-order valence-electron chi connectivity index (χ2n) is 8.63. The van der Waals surface area contributed by atoms with Gasteiger partial charge in [-0.2, -0.15) is 0 Å². The number of nitrogens with zero attached hydrogens (tertiary/aromatic N) is 2. The lowest BCUT2D eigenvalue weighted by Crippen LogP contribution is -2.37. The third-order valence-corrected chi connectivity index (χ3v) is 6.29. The number of carbonyl (C=O) groups is 1. The molecular formula is C28H26FN3O. The van der Waals surface area contributed by atoms with E-state index in [0.717, 1.165) is 65.9 Å². The predicted molar refractivity (Wildman–Crippen MR) is 130 cm³/mol. The number of likely N-dealkylation sites (tertiary alicyclic amines) is 1. The van der Waals surface area contributed by atoms with E-state index in [0.29, 0.717) is 0 Å². The average molecular weight is 440 g/mol. The van der Waals surface area contributed by atoms with Crippen molar-refractivity contribution in [2.24, 2.45) is 5.92 Å². The standard InChI is InChI=1S/C28H26FN3O/c29-24-8-3-6-22(17-24)23-7-4-9-25(18-23)31-28(33)21-13-15-32(16-14-21)19-26-12-11-20-5-1-2-10-27(20)30-26/h1-12,17-18,21H,13-16,19H2,(H,31,33). The van der Waals surface area contributed by atoms with E-state index in [9.17, 15) is 9.18 Å². The number of rotatable bonds is 5. The normalized spacial score (nSPS) is 14.9. The molecule has 1 aliphatic heterocycles. The number of aromatic nitrogens is 1. The van der Waals surface area contributed by atoms with Gasteiger partial charge in [0.2, 0.25) is 5.91 Å². The first-order valence-electron chi connectivity index (χ1n) is 11.4. The maximum absolute atomic E-state index is 13.6. The van der Waals surface area contributed by atoms with Crippen molar-refractivity contribution in [2.45, 2.75) is 19.4 Å². The van der Waals surface area contributed by atoms with Gasteiger partial charge in [0.15, 0.2) is 0 Å². The molecule has 4 aromatic rings. The lowest BCUT2D eigenvalue weighted by atomic mass is 9.95. The van der Waals surface area contributed by atoms with Crippen LogP contribution in [0.3, 0.4) is 0 Å². The molecule has 0 aliphatic carbocycles. The Balaban J connectivity index is 1.17. The Bertz CT molecular complexity index is 1280. The number of piperidine rings is 1. The van der Waals surface area contributed by atoms with Gasteiger partial charge < -0.3 is 5.32 Å². The van der Waals surface area contributed by atoms with Gasteiger partial charge in [0.1, 0.15) is 5.82 Å². The van der Waals surface area contributed by atoms with E-state index in [1.165, 1.54) is 12.1 Å². The van der Waals surface area contributed by atoms with Crippen molar-refractivity contribution in [3.63, 3.8) is 0 Å². The molecule has 3 aromatic carbocycles. The van der Waals surface area contributed by atoms with Gasteiger partial charge in [-0.25, -0.2) is 4.39 Å². The van der Waals surface area contributed by atoms with Crippen molar-refractivity contribution in [2.75, 3.05) is 18.4 Å². The minimum absolute atomic E-state index is 0.0105. The summed E-state index contributed by atoms with van der Waals surface area (Å²) in [5.74, 6) is -0.230. The van der Waals surface area contributed by atoms with Gasteiger partial charge in [0.05, 0.1) is 11.2 Å². The van der Waals surface area contributed by atoms with E-state index in [-0.39, 0.29) is 17.6 Å². The molecule has 1 fully saturated rings. The number of pyridine rings is 1. The largest absolute Gasteiger partial charge is 0.326 e. The molecule has 5 heteroatoms. The summed E-state index contributed by atoms with van der Waals surface area (Å²) in [5.41, 5.74) is 4.49. The molecule has 1 N–H and O–H groups in total. The third-order valence-electron chi connectivity index (χ3n) is 6.29. The second-order valence-corrected chi connectivity index (χ2v) is 8.63. The van der Waals surface area contributed by atoms with Crippen LogP contribution >= 0.6 is 0 Å². The Morgan fingerprint density at radius 3 is 2.48 bits per heavy atom. The minimum atomic E-state index is -0.271. The van der Waals surface area contributed by atoms with E-state index >= 15 is 0 Å². The summed E-state index contributed by atoms with van der Waals surface area (Å²) in [4.78, 5) is 20.0. The Kier molecular flexibility index (Phi) is 6.13. The molecule has 5 rings (SSSR count). The van der Waals surface area contributed by atoms with Crippen molar-refractivity contribution in [3.05, 3.63) is 96.4 Å². The number of halogens is 1. The molecule has 1 amide bonds. The molecule has 0 unspecified atom stereocenters. The molecule has 0 spiro atoms. The molecule has 166 valence electrons. The molecule has 0 bridgehead atoms. The lowest BCUT2D eigenvalue weighted by Gasteiger charge is -2.31. The van der Waals surface area contributed by atoms with Crippen LogP contribution < -0.4 is 5.32 Å². The Labute approximate surface area is 193 Å². The summed E-state index contributed by atoms with van der Waals surface area (Å²) >= 11 is 0. The van der Waals surface area contributed by atoms with Crippen LogP contribution in [0.25, 0.3) is 22.0 Å². The van der Waals surface area contributed by atoms with E-state index in [4.69, 9.17) is 4.98 Å². The number of amides is 1. The van der Waals surface area contributed by atoms with Crippen LogP contribution in [0.4, 0.5) is 10.1 Å².